The summed E-state index contributed by atoms with van der Waals surface area (Å²) in [6, 6.07) is 0.486. The van der Waals surface area contributed by atoms with E-state index < -0.39 is 5.54 Å². The van der Waals surface area contributed by atoms with Crippen LogP contribution in [0.3, 0.4) is 0 Å². The van der Waals surface area contributed by atoms with Crippen molar-refractivity contribution in [3.8, 4) is 0 Å². The minimum absolute atomic E-state index is 0.132. The molecule has 112 valence electrons. The molecule has 1 aliphatic carbocycles. The van der Waals surface area contributed by atoms with E-state index in [0.717, 1.165) is 35.8 Å². The second-order valence-corrected chi connectivity index (χ2v) is 7.25. The average Bonchev–Trinajstić information content (AvgIpc) is 3.07. The van der Waals surface area contributed by atoms with Crippen molar-refractivity contribution in [2.24, 2.45) is 0 Å². The van der Waals surface area contributed by atoms with Gasteiger partial charge in [0.15, 0.2) is 4.34 Å². The molecule has 1 aromatic rings. The average molecular weight is 315 g/mol. The molecule has 1 unspecified atom stereocenters. The van der Waals surface area contributed by atoms with E-state index in [1.54, 1.807) is 18.1 Å². The zero-order valence-corrected chi connectivity index (χ0v) is 13.6. The summed E-state index contributed by atoms with van der Waals surface area (Å²) in [6.07, 6.45) is 5.63. The molecule has 0 bridgehead atoms. The highest BCUT2D eigenvalue weighted by Crippen LogP contribution is 2.27. The molecule has 0 aromatic carbocycles. The van der Waals surface area contributed by atoms with Gasteiger partial charge in [-0.05, 0) is 51.1 Å². The Labute approximate surface area is 128 Å². The molecule has 1 atom stereocenters. The van der Waals surface area contributed by atoms with Crippen LogP contribution in [0.5, 0.6) is 0 Å². The van der Waals surface area contributed by atoms with Gasteiger partial charge in [0.2, 0.25) is 0 Å². The molecule has 1 heterocycles. The molecule has 20 heavy (non-hydrogen) atoms. The summed E-state index contributed by atoms with van der Waals surface area (Å²) in [5, 5.41) is 3.44. The van der Waals surface area contributed by atoms with Gasteiger partial charge >= 0.3 is 5.97 Å². The van der Waals surface area contributed by atoms with Crippen LogP contribution in [-0.2, 0) is 9.53 Å². The summed E-state index contributed by atoms with van der Waals surface area (Å²) in [5.41, 5.74) is -0.557. The van der Waals surface area contributed by atoms with E-state index in [9.17, 15) is 4.79 Å². The molecule has 0 saturated heterocycles. The Morgan fingerprint density at radius 3 is 3.05 bits per heavy atom. The summed E-state index contributed by atoms with van der Waals surface area (Å²) < 4.78 is 10.2. The molecule has 7 heteroatoms. The van der Waals surface area contributed by atoms with Gasteiger partial charge in [-0.1, -0.05) is 11.8 Å². The highest BCUT2D eigenvalue weighted by molar-refractivity contribution is 8.00. The lowest BCUT2D eigenvalue weighted by Crippen LogP contribution is -2.51. The Balaban J connectivity index is 1.78. The number of thioether (sulfide) groups is 1. The maximum Gasteiger partial charge on any atom is 0.326 e. The third-order valence-corrected chi connectivity index (χ3v) is 5.10. The van der Waals surface area contributed by atoms with Crippen molar-refractivity contribution in [1.29, 1.82) is 0 Å². The summed E-state index contributed by atoms with van der Waals surface area (Å²) in [5.74, 6) is 0.809. The number of nitrogens with one attached hydrogen (secondary N) is 1. The second kappa shape index (κ2) is 7.38. The highest BCUT2D eigenvalue weighted by atomic mass is 32.2. The number of rotatable bonds is 9. The fourth-order valence-corrected chi connectivity index (χ4v) is 3.47. The Morgan fingerprint density at radius 1 is 1.65 bits per heavy atom. The molecule has 1 saturated carbocycles. The third kappa shape index (κ3) is 4.71. The normalized spacial score (nSPS) is 17.7. The van der Waals surface area contributed by atoms with Crippen molar-refractivity contribution in [2.45, 2.75) is 55.5 Å². The van der Waals surface area contributed by atoms with Crippen molar-refractivity contribution < 1.29 is 9.53 Å². The van der Waals surface area contributed by atoms with Crippen molar-refractivity contribution in [3.63, 3.8) is 0 Å². The minimum Gasteiger partial charge on any atom is -0.465 e. The molecule has 1 aromatic heterocycles. The third-order valence-electron chi connectivity index (χ3n) is 3.21. The SMILES string of the molecule is CCOC(=O)C(C)(CCCSc1ncns1)NC1CC1. The molecule has 0 spiro atoms. The lowest BCUT2D eigenvalue weighted by molar-refractivity contribution is -0.151. The molecule has 0 radical (unpaired) electrons. The molecule has 1 fully saturated rings. The first kappa shape index (κ1) is 15.7. The highest BCUT2D eigenvalue weighted by Gasteiger charge is 2.39. The van der Waals surface area contributed by atoms with Gasteiger partial charge in [-0.3, -0.25) is 10.1 Å². The first-order valence-corrected chi connectivity index (χ1v) is 8.74. The number of hydrogen-bond donors (Lipinski definition) is 1. The number of esters is 1. The number of ether oxygens (including phenoxy) is 1. The number of carbonyl (C=O) groups excluding carboxylic acids is 1. The monoisotopic (exact) mass is 315 g/mol. The summed E-state index contributed by atoms with van der Waals surface area (Å²) in [6.45, 7) is 4.24. The number of nitrogens with zero attached hydrogens (tertiary/aromatic N) is 2. The van der Waals surface area contributed by atoms with Gasteiger partial charge in [0.1, 0.15) is 11.9 Å². The van der Waals surface area contributed by atoms with Crippen LogP contribution in [0.15, 0.2) is 10.7 Å². The second-order valence-electron chi connectivity index (χ2n) is 5.13. The Morgan fingerprint density at radius 2 is 2.45 bits per heavy atom. The van der Waals surface area contributed by atoms with Gasteiger partial charge in [0, 0.05) is 11.8 Å². The van der Waals surface area contributed by atoms with Crippen LogP contribution in [0.4, 0.5) is 0 Å². The maximum atomic E-state index is 12.1. The number of carbonyl (C=O) groups is 1. The van der Waals surface area contributed by atoms with Crippen LogP contribution in [0.1, 0.15) is 39.5 Å². The molecular weight excluding hydrogens is 294 g/mol. The largest absolute Gasteiger partial charge is 0.465 e. The summed E-state index contributed by atoms with van der Waals surface area (Å²) in [7, 11) is 0. The summed E-state index contributed by atoms with van der Waals surface area (Å²) in [4.78, 5) is 16.3. The van der Waals surface area contributed by atoms with E-state index in [2.05, 4.69) is 14.7 Å². The van der Waals surface area contributed by atoms with Crippen LogP contribution in [0, 0.1) is 0 Å². The first-order valence-electron chi connectivity index (χ1n) is 6.98. The fraction of sp³-hybridized carbons (Fsp3) is 0.769. The van der Waals surface area contributed by atoms with Crippen LogP contribution < -0.4 is 5.32 Å². The van der Waals surface area contributed by atoms with E-state index >= 15 is 0 Å². The van der Waals surface area contributed by atoms with E-state index in [-0.39, 0.29) is 5.97 Å². The molecular formula is C13H21N3O2S2. The minimum atomic E-state index is -0.557. The van der Waals surface area contributed by atoms with Crippen LogP contribution in [-0.4, -0.2) is 39.3 Å². The molecule has 1 aliphatic rings. The standard InChI is InChI=1S/C13H21N3O2S2/c1-3-18-11(17)13(2,16-10-5-6-10)7-4-8-19-12-14-9-15-20-12/h9-10,16H,3-8H2,1-2H3. The van der Waals surface area contributed by atoms with Gasteiger partial charge in [-0.2, -0.15) is 4.37 Å². The topological polar surface area (TPSA) is 64.1 Å². The van der Waals surface area contributed by atoms with E-state index in [1.165, 1.54) is 11.5 Å². The van der Waals surface area contributed by atoms with Gasteiger partial charge in [0.25, 0.3) is 0 Å². The van der Waals surface area contributed by atoms with E-state index in [1.807, 2.05) is 13.8 Å². The van der Waals surface area contributed by atoms with Gasteiger partial charge in [-0.25, -0.2) is 4.98 Å². The van der Waals surface area contributed by atoms with Crippen molar-refractivity contribution in [2.75, 3.05) is 12.4 Å². The lowest BCUT2D eigenvalue weighted by Gasteiger charge is -2.28. The predicted octanol–water partition coefficient (Wildman–Crippen LogP) is 2.48. The zero-order valence-electron chi connectivity index (χ0n) is 11.9. The molecule has 1 N–H and O–H groups in total. The quantitative estimate of drug-likeness (QED) is 0.429. The molecule has 0 aliphatic heterocycles. The van der Waals surface area contributed by atoms with Crippen molar-refractivity contribution in [3.05, 3.63) is 6.33 Å². The first-order chi connectivity index (χ1) is 9.64. The van der Waals surface area contributed by atoms with Gasteiger partial charge < -0.3 is 4.74 Å². The number of hydrogen-bond acceptors (Lipinski definition) is 7. The zero-order chi connectivity index (χ0) is 14.4. The fourth-order valence-electron chi connectivity index (χ4n) is 2.01. The van der Waals surface area contributed by atoms with E-state index in [0.29, 0.717) is 12.6 Å². The van der Waals surface area contributed by atoms with Crippen LogP contribution in [0.2, 0.25) is 0 Å². The van der Waals surface area contributed by atoms with Crippen molar-refractivity contribution in [1.82, 2.24) is 14.7 Å². The predicted molar refractivity (Wildman–Crippen MR) is 81.1 cm³/mol. The van der Waals surface area contributed by atoms with Crippen LogP contribution in [0.25, 0.3) is 0 Å². The number of aromatic nitrogens is 2. The lowest BCUT2D eigenvalue weighted by atomic mass is 9.96. The molecule has 5 nitrogen and oxygen atoms in total. The summed E-state index contributed by atoms with van der Waals surface area (Å²) >= 11 is 3.10. The maximum absolute atomic E-state index is 12.1. The van der Waals surface area contributed by atoms with Crippen LogP contribution >= 0.6 is 23.3 Å². The van der Waals surface area contributed by atoms with Gasteiger partial charge in [-0.15, -0.1) is 0 Å². The van der Waals surface area contributed by atoms with Crippen molar-refractivity contribution >= 4 is 29.3 Å². The Hall–Kier alpha value is -0.660. The molecule has 0 amide bonds. The van der Waals surface area contributed by atoms with Gasteiger partial charge in [0.05, 0.1) is 6.61 Å². The van der Waals surface area contributed by atoms with E-state index in [4.69, 9.17) is 4.74 Å². The smallest absolute Gasteiger partial charge is 0.326 e. The Bertz CT molecular complexity index is 423. The molecule has 2 rings (SSSR count). The Kier molecular flexibility index (Phi) is 5.80.